The molecule has 1 saturated heterocycles. The van der Waals surface area contributed by atoms with Crippen LogP contribution in [0, 0.1) is 23.7 Å². The summed E-state index contributed by atoms with van der Waals surface area (Å²) in [5.41, 5.74) is 6.83. The SMILES string of the molecule is CC[C@H](C)[C@H](CC(=O)[C@H]1CCCCN1C)C(=O)N(CC(N)=O)[C@H](C[C@@H](OC(C)=O)c1nc(C(=O)N[C@@H](Cc2ccccc2)C[C@H](C)C(=O)OC)cs1)C(C)C. The van der Waals surface area contributed by atoms with E-state index < -0.39 is 47.8 Å². The number of nitrogens with one attached hydrogen (secondary N) is 1. The van der Waals surface area contributed by atoms with E-state index in [1.54, 1.807) is 12.3 Å². The van der Waals surface area contributed by atoms with E-state index in [2.05, 4.69) is 15.2 Å². The number of rotatable bonds is 21. The summed E-state index contributed by atoms with van der Waals surface area (Å²) in [5, 5.41) is 4.94. The monoisotopic (exact) mass is 783 g/mol. The highest BCUT2D eigenvalue weighted by Crippen LogP contribution is 2.33. The number of hydrogen-bond donors (Lipinski definition) is 2. The summed E-state index contributed by atoms with van der Waals surface area (Å²) in [7, 11) is 3.27. The minimum Gasteiger partial charge on any atom is -0.469 e. The van der Waals surface area contributed by atoms with Crippen molar-refractivity contribution in [3.8, 4) is 0 Å². The van der Waals surface area contributed by atoms with E-state index >= 15 is 0 Å². The van der Waals surface area contributed by atoms with E-state index in [9.17, 15) is 28.8 Å². The highest BCUT2D eigenvalue weighted by Gasteiger charge is 2.39. The molecule has 1 fully saturated rings. The summed E-state index contributed by atoms with van der Waals surface area (Å²) >= 11 is 1.14. The molecule has 0 saturated carbocycles. The summed E-state index contributed by atoms with van der Waals surface area (Å²) in [6, 6.07) is 8.30. The lowest BCUT2D eigenvalue weighted by molar-refractivity contribution is -0.151. The van der Waals surface area contributed by atoms with Crippen molar-refractivity contribution in [3.63, 3.8) is 0 Å². The first-order chi connectivity index (χ1) is 26.1. The van der Waals surface area contributed by atoms with Crippen molar-refractivity contribution in [1.29, 1.82) is 0 Å². The number of likely N-dealkylation sites (tertiary alicyclic amines) is 1. The lowest BCUT2D eigenvalue weighted by Gasteiger charge is -2.39. The summed E-state index contributed by atoms with van der Waals surface area (Å²) in [6.07, 6.45) is 3.34. The van der Waals surface area contributed by atoms with Gasteiger partial charge in [-0.05, 0) is 56.7 Å². The zero-order valence-corrected chi connectivity index (χ0v) is 34.6. The van der Waals surface area contributed by atoms with E-state index in [-0.39, 0.29) is 60.6 Å². The number of aromatic nitrogens is 1. The summed E-state index contributed by atoms with van der Waals surface area (Å²) in [6.45, 7) is 11.2. The molecule has 0 radical (unpaired) electrons. The van der Waals surface area contributed by atoms with Crippen LogP contribution in [0.25, 0.3) is 0 Å². The predicted molar refractivity (Wildman–Crippen MR) is 211 cm³/mol. The van der Waals surface area contributed by atoms with Gasteiger partial charge in [-0.15, -0.1) is 11.3 Å². The first-order valence-electron chi connectivity index (χ1n) is 19.4. The Bertz CT molecular complexity index is 1600. The molecule has 1 aromatic carbocycles. The van der Waals surface area contributed by atoms with Crippen LogP contribution in [0.3, 0.4) is 0 Å². The Hall–Kier alpha value is -4.17. The summed E-state index contributed by atoms with van der Waals surface area (Å²) < 4.78 is 10.7. The van der Waals surface area contributed by atoms with Crippen LogP contribution < -0.4 is 11.1 Å². The van der Waals surface area contributed by atoms with Crippen LogP contribution in [0.2, 0.25) is 0 Å². The maximum atomic E-state index is 14.6. The van der Waals surface area contributed by atoms with Gasteiger partial charge in [-0.1, -0.05) is 77.8 Å². The maximum Gasteiger partial charge on any atom is 0.308 e. The number of nitrogens with zero attached hydrogens (tertiary/aromatic N) is 3. The molecule has 0 bridgehead atoms. The van der Waals surface area contributed by atoms with Crippen LogP contribution >= 0.6 is 11.3 Å². The zero-order chi connectivity index (χ0) is 40.8. The average molecular weight is 784 g/mol. The number of amides is 3. The molecule has 7 atom stereocenters. The number of benzene rings is 1. The highest BCUT2D eigenvalue weighted by molar-refractivity contribution is 7.09. The van der Waals surface area contributed by atoms with Crippen LogP contribution in [-0.4, -0.2) is 95.6 Å². The quantitative estimate of drug-likeness (QED) is 0.162. The molecule has 0 unspecified atom stereocenters. The molecule has 2 heterocycles. The second-order valence-corrected chi connectivity index (χ2v) is 16.2. The van der Waals surface area contributed by atoms with Gasteiger partial charge in [-0.2, -0.15) is 0 Å². The zero-order valence-electron chi connectivity index (χ0n) is 33.7. The van der Waals surface area contributed by atoms with Gasteiger partial charge < -0.3 is 25.4 Å². The third-order valence-corrected chi connectivity index (χ3v) is 11.6. The molecule has 3 amide bonds. The minimum absolute atomic E-state index is 0.0121. The standard InChI is InChI=1S/C41H61N5O8S/c1-9-26(4)31(21-35(48)33-17-13-14-18-45(33)7)40(51)46(23-37(42)49)34(25(2)3)22-36(54-28(6)47)39-44-32(24-55-39)38(50)43-30(19-27(5)41(52)53-8)20-29-15-11-10-12-16-29/h10-12,15-16,24-27,30-31,33-34,36H,9,13-14,17-23H2,1-8H3,(H2,42,49)(H,43,50)/t26-,27-,30+,31-,33+,34+,36+/m0/s1. The highest BCUT2D eigenvalue weighted by atomic mass is 32.1. The molecule has 2 aromatic rings. The molecule has 13 nitrogen and oxygen atoms in total. The van der Waals surface area contributed by atoms with E-state index in [1.165, 1.54) is 18.9 Å². The fraction of sp³-hybridized carbons (Fsp3) is 0.634. The van der Waals surface area contributed by atoms with Crippen molar-refractivity contribution in [2.45, 2.75) is 117 Å². The number of ether oxygens (including phenoxy) is 2. The molecule has 1 aliphatic heterocycles. The molecule has 55 heavy (non-hydrogen) atoms. The lowest BCUT2D eigenvalue weighted by atomic mass is 9.82. The number of nitrogens with two attached hydrogens (primary N) is 1. The van der Waals surface area contributed by atoms with Crippen molar-refractivity contribution in [2.24, 2.45) is 29.4 Å². The number of carbonyl (C=O) groups excluding carboxylic acids is 6. The van der Waals surface area contributed by atoms with E-state index in [0.717, 1.165) is 42.7 Å². The summed E-state index contributed by atoms with van der Waals surface area (Å²) in [4.78, 5) is 87.3. The maximum absolute atomic E-state index is 14.6. The van der Waals surface area contributed by atoms with E-state index in [4.69, 9.17) is 15.2 Å². The Morgan fingerprint density at radius 3 is 2.33 bits per heavy atom. The Kier molecular flexibility index (Phi) is 17.9. The average Bonchev–Trinajstić information content (AvgIpc) is 3.64. The fourth-order valence-electron chi connectivity index (χ4n) is 7.38. The van der Waals surface area contributed by atoms with Gasteiger partial charge in [0, 0.05) is 43.1 Å². The van der Waals surface area contributed by atoms with Crippen LogP contribution in [-0.2, 0) is 39.9 Å². The van der Waals surface area contributed by atoms with Crippen LogP contribution in [0.1, 0.15) is 114 Å². The molecule has 1 aromatic heterocycles. The van der Waals surface area contributed by atoms with Crippen molar-refractivity contribution in [3.05, 3.63) is 52.0 Å². The molecule has 3 N–H and O–H groups in total. The minimum atomic E-state index is -0.960. The lowest BCUT2D eigenvalue weighted by Crippen LogP contribution is -2.52. The third kappa shape index (κ3) is 13.5. The predicted octanol–water partition coefficient (Wildman–Crippen LogP) is 5.12. The number of Topliss-reactive ketones (excluding diaryl/α,β-unsaturated/α-hetero) is 1. The Morgan fingerprint density at radius 2 is 1.75 bits per heavy atom. The molecular formula is C41H61N5O8S. The van der Waals surface area contributed by atoms with Crippen molar-refractivity contribution in [1.82, 2.24) is 20.1 Å². The fourth-order valence-corrected chi connectivity index (χ4v) is 8.22. The van der Waals surface area contributed by atoms with Crippen LogP contribution in [0.15, 0.2) is 35.7 Å². The number of primary amides is 1. The largest absolute Gasteiger partial charge is 0.469 e. The first-order valence-corrected chi connectivity index (χ1v) is 20.3. The molecule has 3 rings (SSSR count). The van der Waals surface area contributed by atoms with Crippen molar-refractivity contribution in [2.75, 3.05) is 27.2 Å². The number of carbonyl (C=O) groups is 6. The molecular weight excluding hydrogens is 723 g/mol. The van der Waals surface area contributed by atoms with E-state index in [1.807, 2.05) is 65.1 Å². The Balaban J connectivity index is 1.91. The summed E-state index contributed by atoms with van der Waals surface area (Å²) in [5.74, 6) is -3.98. The molecule has 0 aliphatic carbocycles. The van der Waals surface area contributed by atoms with Gasteiger partial charge in [0.05, 0.1) is 25.6 Å². The number of esters is 2. The number of ketones is 1. The normalized spacial score (nSPS) is 17.9. The smallest absolute Gasteiger partial charge is 0.308 e. The molecule has 1 aliphatic rings. The van der Waals surface area contributed by atoms with Gasteiger partial charge in [0.15, 0.2) is 11.9 Å². The topological polar surface area (TPSA) is 178 Å². The molecule has 0 spiro atoms. The van der Waals surface area contributed by atoms with Gasteiger partial charge >= 0.3 is 11.9 Å². The third-order valence-electron chi connectivity index (χ3n) is 10.7. The number of thiazole rings is 1. The van der Waals surface area contributed by atoms with Crippen molar-refractivity contribution < 1.29 is 38.2 Å². The number of hydrogen-bond acceptors (Lipinski definition) is 11. The van der Waals surface area contributed by atoms with Crippen LogP contribution in [0.5, 0.6) is 0 Å². The van der Waals surface area contributed by atoms with Gasteiger partial charge in [0.2, 0.25) is 11.8 Å². The number of methoxy groups -OCH3 is 1. The van der Waals surface area contributed by atoms with Gasteiger partial charge in [-0.25, -0.2) is 4.98 Å². The van der Waals surface area contributed by atoms with Crippen LogP contribution in [0.4, 0.5) is 0 Å². The van der Waals surface area contributed by atoms with Gasteiger partial charge in [0.1, 0.15) is 10.7 Å². The molecule has 304 valence electrons. The Labute approximate surface area is 330 Å². The first kappa shape index (κ1) is 45.2. The second-order valence-electron chi connectivity index (χ2n) is 15.3. The number of piperidine rings is 1. The van der Waals surface area contributed by atoms with Gasteiger partial charge in [0.25, 0.3) is 5.91 Å². The molecule has 14 heteroatoms. The number of likely N-dealkylation sites (N-methyl/N-ethyl adjacent to an activating group) is 1. The Morgan fingerprint density at radius 1 is 1.05 bits per heavy atom. The van der Waals surface area contributed by atoms with Gasteiger partial charge in [-0.3, -0.25) is 33.7 Å². The van der Waals surface area contributed by atoms with E-state index in [0.29, 0.717) is 24.3 Å². The van der Waals surface area contributed by atoms with Crippen molar-refractivity contribution >= 4 is 46.8 Å². The second kappa shape index (κ2) is 21.8.